The molecule has 1 rings (SSSR count). The lowest BCUT2D eigenvalue weighted by atomic mass is 10.1. The SMILES string of the molecule is CC(=O)N(C(=O)OC(C)(C)C)[C@H](C)c1ccccc1. The molecular weight excluding hydrogens is 242 g/mol. The van der Waals surface area contributed by atoms with E-state index in [2.05, 4.69) is 0 Å². The highest BCUT2D eigenvalue weighted by atomic mass is 16.6. The van der Waals surface area contributed by atoms with Crippen molar-refractivity contribution in [3.63, 3.8) is 0 Å². The van der Waals surface area contributed by atoms with Crippen LogP contribution in [0.4, 0.5) is 4.79 Å². The van der Waals surface area contributed by atoms with Gasteiger partial charge >= 0.3 is 6.09 Å². The molecule has 1 atom stereocenters. The minimum absolute atomic E-state index is 0.328. The van der Waals surface area contributed by atoms with Crippen molar-refractivity contribution >= 4 is 12.0 Å². The molecule has 1 aromatic carbocycles. The molecule has 0 aliphatic carbocycles. The molecule has 104 valence electrons. The van der Waals surface area contributed by atoms with Gasteiger partial charge in [0, 0.05) is 6.92 Å². The summed E-state index contributed by atoms with van der Waals surface area (Å²) >= 11 is 0. The highest BCUT2D eigenvalue weighted by Gasteiger charge is 2.29. The van der Waals surface area contributed by atoms with E-state index in [0.29, 0.717) is 0 Å². The molecule has 0 saturated carbocycles. The number of hydrogen-bond acceptors (Lipinski definition) is 3. The number of nitrogens with zero attached hydrogens (tertiary/aromatic N) is 1. The summed E-state index contributed by atoms with van der Waals surface area (Å²) in [7, 11) is 0. The monoisotopic (exact) mass is 263 g/mol. The number of hydrogen-bond donors (Lipinski definition) is 0. The fourth-order valence-corrected chi connectivity index (χ4v) is 1.75. The Kier molecular flexibility index (Phi) is 4.70. The van der Waals surface area contributed by atoms with Crippen molar-refractivity contribution in [2.45, 2.75) is 46.3 Å². The van der Waals surface area contributed by atoms with Crippen LogP contribution in [0.5, 0.6) is 0 Å². The van der Waals surface area contributed by atoms with Crippen molar-refractivity contribution < 1.29 is 14.3 Å². The second kappa shape index (κ2) is 5.87. The van der Waals surface area contributed by atoms with Gasteiger partial charge in [0.1, 0.15) is 5.60 Å². The maximum atomic E-state index is 12.1. The molecule has 0 aliphatic heterocycles. The smallest absolute Gasteiger partial charge is 0.417 e. The molecule has 0 aliphatic rings. The standard InChI is InChI=1S/C15H21NO3/c1-11(13-9-7-6-8-10-13)16(12(2)17)14(18)19-15(3,4)5/h6-11H,1-5H3/t11-/m1/s1. The molecule has 19 heavy (non-hydrogen) atoms. The molecule has 1 aromatic rings. The molecule has 4 heteroatoms. The average molecular weight is 263 g/mol. The Bertz CT molecular complexity index is 448. The highest BCUT2D eigenvalue weighted by molar-refractivity contribution is 5.91. The first kappa shape index (κ1) is 15.2. The molecule has 0 bridgehead atoms. The van der Waals surface area contributed by atoms with Crippen LogP contribution >= 0.6 is 0 Å². The van der Waals surface area contributed by atoms with Crippen LogP contribution in [0.15, 0.2) is 30.3 Å². The van der Waals surface area contributed by atoms with E-state index in [1.165, 1.54) is 6.92 Å². The van der Waals surface area contributed by atoms with E-state index in [1.807, 2.05) is 30.3 Å². The summed E-state index contributed by atoms with van der Waals surface area (Å²) in [6, 6.07) is 9.05. The lowest BCUT2D eigenvalue weighted by Crippen LogP contribution is -2.41. The van der Waals surface area contributed by atoms with Gasteiger partial charge in [0.05, 0.1) is 6.04 Å². The fraction of sp³-hybridized carbons (Fsp3) is 0.467. The number of carbonyl (C=O) groups is 2. The number of ether oxygens (including phenoxy) is 1. The molecule has 0 spiro atoms. The van der Waals surface area contributed by atoms with Crippen LogP contribution in [0.1, 0.15) is 46.2 Å². The summed E-state index contributed by atoms with van der Waals surface area (Å²) in [6.45, 7) is 8.49. The van der Waals surface area contributed by atoms with Gasteiger partial charge in [-0.1, -0.05) is 30.3 Å². The minimum Gasteiger partial charge on any atom is -0.443 e. The number of imide groups is 1. The Morgan fingerprint density at radius 1 is 1.16 bits per heavy atom. The van der Waals surface area contributed by atoms with Gasteiger partial charge in [-0.3, -0.25) is 4.79 Å². The Hall–Kier alpha value is -1.84. The third kappa shape index (κ3) is 4.39. The molecule has 0 heterocycles. The predicted molar refractivity (Wildman–Crippen MR) is 73.6 cm³/mol. The predicted octanol–water partition coefficient (Wildman–Crippen LogP) is 3.53. The third-order valence-electron chi connectivity index (χ3n) is 2.60. The van der Waals surface area contributed by atoms with Gasteiger partial charge in [-0.15, -0.1) is 0 Å². The second-order valence-electron chi connectivity index (χ2n) is 5.46. The number of amides is 2. The molecule has 2 amide bonds. The Balaban J connectivity index is 2.96. The third-order valence-corrected chi connectivity index (χ3v) is 2.60. The van der Waals surface area contributed by atoms with Crippen LogP contribution in [-0.2, 0) is 9.53 Å². The van der Waals surface area contributed by atoms with E-state index >= 15 is 0 Å². The van der Waals surface area contributed by atoms with Crippen molar-refractivity contribution in [2.75, 3.05) is 0 Å². The van der Waals surface area contributed by atoms with Gasteiger partial charge in [0.2, 0.25) is 5.91 Å². The summed E-state index contributed by atoms with van der Waals surface area (Å²) in [6.07, 6.45) is -0.614. The molecular formula is C15H21NO3. The summed E-state index contributed by atoms with van der Waals surface area (Å²) in [5.74, 6) is -0.328. The maximum absolute atomic E-state index is 12.1. The van der Waals surface area contributed by atoms with Gasteiger partial charge in [-0.25, -0.2) is 9.69 Å². The van der Waals surface area contributed by atoms with Crippen molar-refractivity contribution in [3.8, 4) is 0 Å². The normalized spacial score (nSPS) is 12.7. The molecule has 0 N–H and O–H groups in total. The molecule has 0 aromatic heterocycles. The van der Waals surface area contributed by atoms with Crippen LogP contribution in [-0.4, -0.2) is 22.5 Å². The molecule has 0 saturated heterocycles. The number of carbonyl (C=O) groups excluding carboxylic acids is 2. The van der Waals surface area contributed by atoms with Crippen LogP contribution in [0.25, 0.3) is 0 Å². The van der Waals surface area contributed by atoms with Crippen LogP contribution < -0.4 is 0 Å². The van der Waals surface area contributed by atoms with E-state index in [-0.39, 0.29) is 11.9 Å². The first-order valence-corrected chi connectivity index (χ1v) is 6.30. The van der Waals surface area contributed by atoms with Crippen LogP contribution in [0.2, 0.25) is 0 Å². The molecule has 4 nitrogen and oxygen atoms in total. The number of rotatable bonds is 2. The molecule has 0 unspecified atom stereocenters. The summed E-state index contributed by atoms with van der Waals surface area (Å²) < 4.78 is 5.27. The lowest BCUT2D eigenvalue weighted by Gasteiger charge is -2.29. The first-order chi connectivity index (χ1) is 8.72. The van der Waals surface area contributed by atoms with E-state index in [4.69, 9.17) is 4.74 Å². The van der Waals surface area contributed by atoms with Crippen LogP contribution in [0.3, 0.4) is 0 Å². The average Bonchev–Trinajstić information content (AvgIpc) is 2.27. The largest absolute Gasteiger partial charge is 0.443 e. The van der Waals surface area contributed by atoms with E-state index in [9.17, 15) is 9.59 Å². The Labute approximate surface area is 114 Å². The van der Waals surface area contributed by atoms with E-state index in [0.717, 1.165) is 10.5 Å². The van der Waals surface area contributed by atoms with E-state index < -0.39 is 11.7 Å². The quantitative estimate of drug-likeness (QED) is 0.820. The van der Waals surface area contributed by atoms with Gasteiger partial charge in [-0.2, -0.15) is 0 Å². The molecule has 0 radical (unpaired) electrons. The number of benzene rings is 1. The van der Waals surface area contributed by atoms with Gasteiger partial charge in [0.25, 0.3) is 0 Å². The van der Waals surface area contributed by atoms with Gasteiger partial charge in [-0.05, 0) is 33.3 Å². The fourth-order valence-electron chi connectivity index (χ4n) is 1.75. The van der Waals surface area contributed by atoms with Gasteiger partial charge in [0.15, 0.2) is 0 Å². The second-order valence-corrected chi connectivity index (χ2v) is 5.46. The van der Waals surface area contributed by atoms with Crippen molar-refractivity contribution in [2.24, 2.45) is 0 Å². The zero-order chi connectivity index (χ0) is 14.6. The molecule has 0 fully saturated rings. The van der Waals surface area contributed by atoms with Crippen LogP contribution in [0, 0.1) is 0 Å². The Morgan fingerprint density at radius 2 is 1.68 bits per heavy atom. The Morgan fingerprint density at radius 3 is 2.11 bits per heavy atom. The van der Waals surface area contributed by atoms with Crippen molar-refractivity contribution in [1.29, 1.82) is 0 Å². The topological polar surface area (TPSA) is 46.6 Å². The van der Waals surface area contributed by atoms with Crippen molar-refractivity contribution in [3.05, 3.63) is 35.9 Å². The van der Waals surface area contributed by atoms with Crippen molar-refractivity contribution in [1.82, 2.24) is 4.90 Å². The zero-order valence-electron chi connectivity index (χ0n) is 12.1. The first-order valence-electron chi connectivity index (χ1n) is 6.30. The minimum atomic E-state index is -0.624. The summed E-state index contributed by atoms with van der Waals surface area (Å²) in [5, 5.41) is 0. The zero-order valence-corrected chi connectivity index (χ0v) is 12.1. The highest BCUT2D eigenvalue weighted by Crippen LogP contribution is 2.22. The summed E-state index contributed by atoms with van der Waals surface area (Å²) in [4.78, 5) is 24.9. The maximum Gasteiger partial charge on any atom is 0.417 e. The van der Waals surface area contributed by atoms with E-state index in [1.54, 1.807) is 27.7 Å². The lowest BCUT2D eigenvalue weighted by molar-refractivity contribution is -0.130. The summed E-state index contributed by atoms with van der Waals surface area (Å²) in [5.41, 5.74) is 0.268. The van der Waals surface area contributed by atoms with Gasteiger partial charge < -0.3 is 4.74 Å².